The molecule has 0 spiro atoms. The molecule has 0 fully saturated rings. The molecule has 1 aromatic heterocycles. The van der Waals surface area contributed by atoms with Crippen molar-refractivity contribution in [3.05, 3.63) is 59.5 Å². The van der Waals surface area contributed by atoms with Crippen LogP contribution in [0, 0.1) is 0 Å². The van der Waals surface area contributed by atoms with E-state index in [0.717, 1.165) is 5.56 Å². The second kappa shape index (κ2) is 9.08. The van der Waals surface area contributed by atoms with E-state index in [1.807, 2.05) is 30.3 Å². The zero-order chi connectivity index (χ0) is 18.4. The average molecular weight is 361 g/mol. The summed E-state index contributed by atoms with van der Waals surface area (Å²) >= 11 is 0. The van der Waals surface area contributed by atoms with Gasteiger partial charge in [-0.1, -0.05) is 37.8 Å². The second-order valence-corrected chi connectivity index (χ2v) is 6.58. The topological polar surface area (TPSA) is 77.8 Å². The Morgan fingerprint density at radius 2 is 1.77 bits per heavy atom. The van der Waals surface area contributed by atoms with Crippen molar-refractivity contribution in [3.8, 4) is 0 Å². The van der Waals surface area contributed by atoms with Crippen molar-refractivity contribution < 1.29 is 23.5 Å². The van der Waals surface area contributed by atoms with Crippen LogP contribution >= 0.6 is 0 Å². The van der Waals surface area contributed by atoms with E-state index in [2.05, 4.69) is 10.1 Å². The lowest BCUT2D eigenvalue weighted by Crippen LogP contribution is -2.35. The number of furan rings is 1. The average Bonchev–Trinajstić information content (AvgIpc) is 3.02. The van der Waals surface area contributed by atoms with Crippen LogP contribution in [-0.2, 0) is 15.9 Å². The molecule has 1 amide bonds. The normalized spacial score (nSPS) is 11.8. The van der Waals surface area contributed by atoms with Gasteiger partial charge in [0, 0.05) is 6.42 Å². The third-order valence-electron chi connectivity index (χ3n) is 3.33. The largest absolute Gasteiger partial charge is 0.463 e. The van der Waals surface area contributed by atoms with Crippen LogP contribution in [0.2, 0.25) is 0 Å². The van der Waals surface area contributed by atoms with Crippen LogP contribution in [0.5, 0.6) is 0 Å². The highest BCUT2D eigenvalue weighted by atomic mass is 16.6. The summed E-state index contributed by atoms with van der Waals surface area (Å²) < 4.78 is 15.5. The van der Waals surface area contributed by atoms with Crippen LogP contribution in [0.15, 0.2) is 46.9 Å². The van der Waals surface area contributed by atoms with Gasteiger partial charge >= 0.3 is 12.1 Å². The molecular formula is C20H27NO5. The maximum absolute atomic E-state index is 12.2. The number of methoxy groups -OCH3 is 1. The number of amides is 1. The number of ether oxygens (including phenoxy) is 2. The minimum atomic E-state index is -0.609. The Kier molecular flexibility index (Phi) is 7.43. The molecule has 1 atom stereocenters. The Hall–Kier alpha value is -2.76. The van der Waals surface area contributed by atoms with E-state index in [4.69, 9.17) is 9.15 Å². The molecule has 0 saturated heterocycles. The fraction of sp³-hybridized carbons (Fsp3) is 0.400. The van der Waals surface area contributed by atoms with Gasteiger partial charge in [0.15, 0.2) is 0 Å². The highest BCUT2D eigenvalue weighted by Gasteiger charge is 2.24. The zero-order valence-corrected chi connectivity index (χ0v) is 14.9. The van der Waals surface area contributed by atoms with Crippen molar-refractivity contribution >= 4 is 12.1 Å². The predicted octanol–water partition coefficient (Wildman–Crippen LogP) is 4.51. The summed E-state index contributed by atoms with van der Waals surface area (Å²) in [6.45, 7) is 5.38. The van der Waals surface area contributed by atoms with Crippen molar-refractivity contribution in [1.82, 2.24) is 5.32 Å². The van der Waals surface area contributed by atoms with E-state index in [1.54, 1.807) is 26.8 Å². The summed E-state index contributed by atoms with van der Waals surface area (Å²) in [5.74, 6) is -0.0290. The van der Waals surface area contributed by atoms with Crippen molar-refractivity contribution in [3.63, 3.8) is 0 Å². The summed E-state index contributed by atoms with van der Waals surface area (Å²) in [6, 6.07) is 12.4. The lowest BCUT2D eigenvalue weighted by atomic mass is 10.0. The molecule has 2 aromatic rings. The van der Waals surface area contributed by atoms with Crippen molar-refractivity contribution in [2.24, 2.45) is 0 Å². The molecule has 2 rings (SSSR count). The molecule has 0 aliphatic carbocycles. The predicted molar refractivity (Wildman–Crippen MR) is 99.0 cm³/mol. The lowest BCUT2D eigenvalue weighted by Gasteiger charge is -2.23. The van der Waals surface area contributed by atoms with Crippen LogP contribution in [0.4, 0.5) is 4.79 Å². The lowest BCUT2D eigenvalue weighted by molar-refractivity contribution is 0.0496. The molecule has 0 aliphatic heterocycles. The van der Waals surface area contributed by atoms with E-state index in [1.165, 1.54) is 13.2 Å². The van der Waals surface area contributed by atoms with E-state index in [0.29, 0.717) is 12.2 Å². The van der Waals surface area contributed by atoms with Gasteiger partial charge in [0.25, 0.3) is 0 Å². The van der Waals surface area contributed by atoms with Gasteiger partial charge < -0.3 is 19.2 Å². The van der Waals surface area contributed by atoms with Crippen LogP contribution in [0.3, 0.4) is 0 Å². The second-order valence-electron chi connectivity index (χ2n) is 6.58. The Labute approximate surface area is 154 Å². The standard InChI is InChI=1S/C19H23NO5.CH4/c1-19(2,3)25-18(22)20-14(12-13-8-6-5-7-9-13)15-10-11-16(24-15)17(21)23-4;/h5-11,14H,12H2,1-4H3,(H,20,22);1H4/t14-;/m1./s1. The van der Waals surface area contributed by atoms with Gasteiger partial charge in [0.05, 0.1) is 13.2 Å². The summed E-state index contributed by atoms with van der Waals surface area (Å²) in [4.78, 5) is 23.8. The molecule has 1 heterocycles. The molecule has 0 unspecified atom stereocenters. The summed E-state index contributed by atoms with van der Waals surface area (Å²) in [6.07, 6.45) is -0.0572. The first-order chi connectivity index (χ1) is 11.8. The Balaban J connectivity index is 0.00000338. The first-order valence-electron chi connectivity index (χ1n) is 8.00. The van der Waals surface area contributed by atoms with Crippen molar-refractivity contribution in [2.45, 2.75) is 46.3 Å². The highest BCUT2D eigenvalue weighted by Crippen LogP contribution is 2.22. The number of rotatable bonds is 5. The maximum atomic E-state index is 12.2. The van der Waals surface area contributed by atoms with E-state index >= 15 is 0 Å². The fourth-order valence-electron chi connectivity index (χ4n) is 2.27. The minimum Gasteiger partial charge on any atom is -0.463 e. The van der Waals surface area contributed by atoms with E-state index in [9.17, 15) is 9.59 Å². The summed E-state index contributed by atoms with van der Waals surface area (Å²) in [7, 11) is 1.28. The third kappa shape index (κ3) is 6.27. The van der Waals surface area contributed by atoms with Gasteiger partial charge in [0.2, 0.25) is 5.76 Å². The maximum Gasteiger partial charge on any atom is 0.408 e. The smallest absolute Gasteiger partial charge is 0.408 e. The number of hydrogen-bond acceptors (Lipinski definition) is 5. The van der Waals surface area contributed by atoms with Crippen LogP contribution in [0.25, 0.3) is 0 Å². The number of esters is 1. The van der Waals surface area contributed by atoms with Crippen LogP contribution < -0.4 is 5.32 Å². The number of nitrogens with one attached hydrogen (secondary N) is 1. The summed E-state index contributed by atoms with van der Waals surface area (Å²) in [5, 5.41) is 2.80. The zero-order valence-electron chi connectivity index (χ0n) is 14.9. The van der Waals surface area contributed by atoms with Crippen LogP contribution in [0.1, 0.15) is 56.1 Å². The Morgan fingerprint density at radius 3 is 2.35 bits per heavy atom. The van der Waals surface area contributed by atoms with E-state index in [-0.39, 0.29) is 13.2 Å². The molecule has 0 aliphatic rings. The number of alkyl carbamates (subject to hydrolysis) is 1. The Bertz CT molecular complexity index is 715. The molecule has 6 heteroatoms. The monoisotopic (exact) mass is 361 g/mol. The molecule has 6 nitrogen and oxygen atoms in total. The van der Waals surface area contributed by atoms with Gasteiger partial charge in [0.1, 0.15) is 11.4 Å². The SMILES string of the molecule is C.COC(=O)c1ccc([C@@H](Cc2ccccc2)NC(=O)OC(C)(C)C)o1. The van der Waals surface area contributed by atoms with Gasteiger partial charge in [-0.05, 0) is 38.5 Å². The Morgan fingerprint density at radius 1 is 1.12 bits per heavy atom. The molecule has 0 bridgehead atoms. The van der Waals surface area contributed by atoms with Crippen molar-refractivity contribution in [2.75, 3.05) is 7.11 Å². The van der Waals surface area contributed by atoms with Crippen molar-refractivity contribution in [1.29, 1.82) is 0 Å². The first-order valence-corrected chi connectivity index (χ1v) is 8.00. The molecule has 0 saturated carbocycles. The van der Waals surface area contributed by atoms with Gasteiger partial charge in [-0.2, -0.15) is 0 Å². The number of carbonyl (C=O) groups excluding carboxylic acids is 2. The number of hydrogen-bond donors (Lipinski definition) is 1. The number of carbonyl (C=O) groups is 2. The molecule has 1 N–H and O–H groups in total. The third-order valence-corrected chi connectivity index (χ3v) is 3.33. The molecule has 26 heavy (non-hydrogen) atoms. The fourth-order valence-corrected chi connectivity index (χ4v) is 2.27. The molecule has 0 radical (unpaired) electrons. The molecule has 1 aromatic carbocycles. The quantitative estimate of drug-likeness (QED) is 0.793. The van der Waals surface area contributed by atoms with Gasteiger partial charge in [-0.25, -0.2) is 9.59 Å². The van der Waals surface area contributed by atoms with Gasteiger partial charge in [-0.15, -0.1) is 0 Å². The molecular weight excluding hydrogens is 334 g/mol. The molecule has 142 valence electrons. The number of benzene rings is 1. The highest BCUT2D eigenvalue weighted by molar-refractivity contribution is 5.86. The summed E-state index contributed by atoms with van der Waals surface area (Å²) in [5.41, 5.74) is 0.404. The van der Waals surface area contributed by atoms with Gasteiger partial charge in [-0.3, -0.25) is 0 Å². The van der Waals surface area contributed by atoms with Crippen LogP contribution in [-0.4, -0.2) is 24.8 Å². The minimum absolute atomic E-state index is 0. The first kappa shape index (κ1) is 21.3. The van der Waals surface area contributed by atoms with E-state index < -0.39 is 23.7 Å².